The van der Waals surface area contributed by atoms with Crippen LogP contribution in [-0.2, 0) is 9.53 Å². The Morgan fingerprint density at radius 3 is 2.59 bits per heavy atom. The highest BCUT2D eigenvalue weighted by Gasteiger charge is 2.03. The normalized spacial score (nSPS) is 9.94. The van der Waals surface area contributed by atoms with E-state index in [0.29, 0.717) is 12.4 Å². The van der Waals surface area contributed by atoms with E-state index in [2.05, 4.69) is 6.92 Å². The molecule has 0 unspecified atom stereocenters. The van der Waals surface area contributed by atoms with Crippen LogP contribution in [0.2, 0.25) is 0 Å². The van der Waals surface area contributed by atoms with E-state index >= 15 is 0 Å². The highest BCUT2D eigenvalue weighted by molar-refractivity contribution is 5.71. The van der Waals surface area contributed by atoms with Gasteiger partial charge in [0, 0.05) is 0 Å². The molecule has 0 aliphatic rings. The molecule has 17 heavy (non-hydrogen) atoms. The smallest absolute Gasteiger partial charge is 0.344 e. The standard InChI is InChI=1S/C14H20O3/c1-2-3-4-8-11-16-14(15)12-17-13-9-6-5-7-10-13/h5-7,9-10H,2-4,8,11-12H2,1H3. The Morgan fingerprint density at radius 1 is 1.12 bits per heavy atom. The second-order valence-electron chi connectivity index (χ2n) is 3.88. The first-order valence-electron chi connectivity index (χ1n) is 6.16. The first-order valence-corrected chi connectivity index (χ1v) is 6.16. The first-order chi connectivity index (χ1) is 8.33. The summed E-state index contributed by atoms with van der Waals surface area (Å²) in [5, 5.41) is 0. The maximum Gasteiger partial charge on any atom is 0.344 e. The molecule has 0 radical (unpaired) electrons. The second-order valence-corrected chi connectivity index (χ2v) is 3.88. The molecule has 0 saturated heterocycles. The Balaban J connectivity index is 2.05. The van der Waals surface area contributed by atoms with E-state index < -0.39 is 0 Å². The van der Waals surface area contributed by atoms with Crippen LogP contribution >= 0.6 is 0 Å². The van der Waals surface area contributed by atoms with Crippen LogP contribution in [-0.4, -0.2) is 19.2 Å². The third kappa shape index (κ3) is 6.61. The lowest BCUT2D eigenvalue weighted by molar-refractivity contribution is -0.146. The summed E-state index contributed by atoms with van der Waals surface area (Å²) < 4.78 is 10.3. The Labute approximate surface area is 103 Å². The molecule has 0 amide bonds. The van der Waals surface area contributed by atoms with Crippen molar-refractivity contribution in [2.45, 2.75) is 32.6 Å². The van der Waals surface area contributed by atoms with Crippen LogP contribution in [0, 0.1) is 0 Å². The number of ether oxygens (including phenoxy) is 2. The fraction of sp³-hybridized carbons (Fsp3) is 0.500. The topological polar surface area (TPSA) is 35.5 Å². The largest absolute Gasteiger partial charge is 0.482 e. The molecule has 0 spiro atoms. The van der Waals surface area contributed by atoms with Crippen molar-refractivity contribution in [1.29, 1.82) is 0 Å². The summed E-state index contributed by atoms with van der Waals surface area (Å²) in [4.78, 5) is 11.3. The molecule has 0 N–H and O–H groups in total. The summed E-state index contributed by atoms with van der Waals surface area (Å²) in [6.07, 6.45) is 4.43. The molecule has 3 heteroatoms. The van der Waals surface area contributed by atoms with Crippen molar-refractivity contribution in [3.05, 3.63) is 30.3 Å². The van der Waals surface area contributed by atoms with Crippen molar-refractivity contribution in [2.24, 2.45) is 0 Å². The molecule has 0 bridgehead atoms. The molecular formula is C14H20O3. The zero-order valence-corrected chi connectivity index (χ0v) is 10.4. The van der Waals surface area contributed by atoms with Crippen LogP contribution < -0.4 is 4.74 Å². The minimum Gasteiger partial charge on any atom is -0.482 e. The summed E-state index contributed by atoms with van der Waals surface area (Å²) >= 11 is 0. The number of hydrogen-bond acceptors (Lipinski definition) is 3. The molecule has 94 valence electrons. The number of hydrogen-bond donors (Lipinski definition) is 0. The van der Waals surface area contributed by atoms with E-state index in [1.807, 2.05) is 30.3 Å². The van der Waals surface area contributed by atoms with Gasteiger partial charge in [-0.3, -0.25) is 0 Å². The van der Waals surface area contributed by atoms with Crippen LogP contribution in [0.5, 0.6) is 5.75 Å². The van der Waals surface area contributed by atoms with Crippen LogP contribution in [0.1, 0.15) is 32.6 Å². The molecule has 3 nitrogen and oxygen atoms in total. The average molecular weight is 236 g/mol. The monoisotopic (exact) mass is 236 g/mol. The summed E-state index contributed by atoms with van der Waals surface area (Å²) in [6.45, 7) is 2.63. The van der Waals surface area contributed by atoms with Crippen LogP contribution in [0.3, 0.4) is 0 Å². The quantitative estimate of drug-likeness (QED) is 0.513. The zero-order valence-electron chi connectivity index (χ0n) is 10.4. The van der Waals surface area contributed by atoms with Crippen LogP contribution in [0.25, 0.3) is 0 Å². The van der Waals surface area contributed by atoms with E-state index in [4.69, 9.17) is 9.47 Å². The van der Waals surface area contributed by atoms with E-state index in [0.717, 1.165) is 12.8 Å². The van der Waals surface area contributed by atoms with Crippen molar-refractivity contribution in [3.63, 3.8) is 0 Å². The van der Waals surface area contributed by atoms with Crippen molar-refractivity contribution >= 4 is 5.97 Å². The second kappa shape index (κ2) is 8.62. The molecule has 0 aromatic heterocycles. The van der Waals surface area contributed by atoms with Gasteiger partial charge in [-0.1, -0.05) is 44.4 Å². The maximum atomic E-state index is 11.3. The van der Waals surface area contributed by atoms with Gasteiger partial charge < -0.3 is 9.47 Å². The van der Waals surface area contributed by atoms with E-state index in [1.54, 1.807) is 0 Å². The van der Waals surface area contributed by atoms with E-state index in [9.17, 15) is 4.79 Å². The first kappa shape index (κ1) is 13.6. The fourth-order valence-corrected chi connectivity index (χ4v) is 1.42. The highest BCUT2D eigenvalue weighted by Crippen LogP contribution is 2.08. The Kier molecular flexibility index (Phi) is 6.87. The summed E-state index contributed by atoms with van der Waals surface area (Å²) in [6, 6.07) is 9.26. The van der Waals surface area contributed by atoms with Crippen molar-refractivity contribution < 1.29 is 14.3 Å². The molecule has 1 rings (SSSR count). The third-order valence-corrected chi connectivity index (χ3v) is 2.36. The van der Waals surface area contributed by atoms with Gasteiger partial charge in [0.05, 0.1) is 6.61 Å². The van der Waals surface area contributed by atoms with E-state index in [-0.39, 0.29) is 12.6 Å². The van der Waals surface area contributed by atoms with Gasteiger partial charge in [0.25, 0.3) is 0 Å². The maximum absolute atomic E-state index is 11.3. The lowest BCUT2D eigenvalue weighted by atomic mass is 10.2. The minimum absolute atomic E-state index is 0.0161. The SMILES string of the molecule is CCCCCCOC(=O)COc1ccccc1. The summed E-state index contributed by atoms with van der Waals surface area (Å²) in [5.41, 5.74) is 0. The van der Waals surface area contributed by atoms with Crippen LogP contribution in [0.4, 0.5) is 0 Å². The number of esters is 1. The van der Waals surface area contributed by atoms with Crippen molar-refractivity contribution in [1.82, 2.24) is 0 Å². The Morgan fingerprint density at radius 2 is 1.88 bits per heavy atom. The van der Waals surface area contributed by atoms with Crippen molar-refractivity contribution in [2.75, 3.05) is 13.2 Å². The number of carbonyl (C=O) groups excluding carboxylic acids is 1. The van der Waals surface area contributed by atoms with Gasteiger partial charge in [-0.15, -0.1) is 0 Å². The van der Waals surface area contributed by atoms with Crippen molar-refractivity contribution in [3.8, 4) is 5.75 Å². The molecule has 0 atom stereocenters. The van der Waals surface area contributed by atoms with Gasteiger partial charge in [-0.05, 0) is 18.6 Å². The van der Waals surface area contributed by atoms with Gasteiger partial charge in [0.15, 0.2) is 6.61 Å². The molecule has 0 heterocycles. The number of para-hydroxylation sites is 1. The zero-order chi connectivity index (χ0) is 12.3. The molecule has 1 aromatic rings. The molecule has 1 aromatic carbocycles. The minimum atomic E-state index is -0.301. The predicted molar refractivity (Wildman–Crippen MR) is 67.0 cm³/mol. The van der Waals surface area contributed by atoms with Crippen LogP contribution in [0.15, 0.2) is 30.3 Å². The highest BCUT2D eigenvalue weighted by atomic mass is 16.6. The van der Waals surface area contributed by atoms with Gasteiger partial charge >= 0.3 is 5.97 Å². The fourth-order valence-electron chi connectivity index (χ4n) is 1.42. The summed E-state index contributed by atoms with van der Waals surface area (Å²) in [7, 11) is 0. The average Bonchev–Trinajstić information content (AvgIpc) is 2.37. The molecular weight excluding hydrogens is 216 g/mol. The lowest BCUT2D eigenvalue weighted by Crippen LogP contribution is -2.15. The summed E-state index contributed by atoms with van der Waals surface area (Å²) in [5.74, 6) is 0.390. The third-order valence-electron chi connectivity index (χ3n) is 2.36. The van der Waals surface area contributed by atoms with Gasteiger partial charge in [0.1, 0.15) is 5.75 Å². The lowest BCUT2D eigenvalue weighted by Gasteiger charge is -2.06. The Hall–Kier alpha value is -1.51. The number of rotatable bonds is 8. The number of benzene rings is 1. The molecule has 0 aliphatic carbocycles. The molecule has 0 fully saturated rings. The molecule has 0 aliphatic heterocycles. The predicted octanol–water partition coefficient (Wildman–Crippen LogP) is 3.19. The van der Waals surface area contributed by atoms with Gasteiger partial charge in [0.2, 0.25) is 0 Å². The van der Waals surface area contributed by atoms with E-state index in [1.165, 1.54) is 12.8 Å². The Bertz CT molecular complexity index is 309. The number of carbonyl (C=O) groups is 1. The van der Waals surface area contributed by atoms with Gasteiger partial charge in [-0.2, -0.15) is 0 Å². The molecule has 0 saturated carbocycles. The number of unbranched alkanes of at least 4 members (excludes halogenated alkanes) is 3. The van der Waals surface area contributed by atoms with Gasteiger partial charge in [-0.25, -0.2) is 4.79 Å².